The van der Waals surface area contributed by atoms with E-state index < -0.39 is 0 Å². The second kappa shape index (κ2) is 8.15. The topological polar surface area (TPSA) is 12.0 Å². The lowest BCUT2D eigenvalue weighted by atomic mass is 10.1. The highest BCUT2D eigenvalue weighted by atomic mass is 32.2. The van der Waals surface area contributed by atoms with Crippen LogP contribution in [-0.2, 0) is 6.42 Å². The van der Waals surface area contributed by atoms with Crippen LogP contribution >= 0.6 is 23.1 Å². The SMILES string of the molecule is CC(C)CSCCNC(C)Cc1ccsc1. The molecule has 0 saturated heterocycles. The van der Waals surface area contributed by atoms with Crippen molar-refractivity contribution in [1.82, 2.24) is 5.32 Å². The molecule has 0 radical (unpaired) electrons. The van der Waals surface area contributed by atoms with Crippen LogP contribution in [0.3, 0.4) is 0 Å². The van der Waals surface area contributed by atoms with Gasteiger partial charge in [0.15, 0.2) is 0 Å². The van der Waals surface area contributed by atoms with Gasteiger partial charge in [-0.2, -0.15) is 23.1 Å². The van der Waals surface area contributed by atoms with Gasteiger partial charge < -0.3 is 5.32 Å². The van der Waals surface area contributed by atoms with E-state index in [2.05, 4.69) is 54.7 Å². The first kappa shape index (κ1) is 14.1. The fraction of sp³-hybridized carbons (Fsp3) is 0.692. The number of thiophene rings is 1. The number of hydrogen-bond acceptors (Lipinski definition) is 3. The molecule has 1 unspecified atom stereocenters. The van der Waals surface area contributed by atoms with Gasteiger partial charge in [-0.15, -0.1) is 0 Å². The Hall–Kier alpha value is 0.01000. The summed E-state index contributed by atoms with van der Waals surface area (Å²) in [7, 11) is 0. The number of thioether (sulfide) groups is 1. The molecule has 1 heterocycles. The molecule has 16 heavy (non-hydrogen) atoms. The predicted octanol–water partition coefficient (Wildman–Crippen LogP) is 3.66. The van der Waals surface area contributed by atoms with E-state index in [4.69, 9.17) is 0 Å². The van der Waals surface area contributed by atoms with E-state index in [0.29, 0.717) is 6.04 Å². The van der Waals surface area contributed by atoms with E-state index in [1.165, 1.54) is 17.1 Å². The molecule has 1 N–H and O–H groups in total. The summed E-state index contributed by atoms with van der Waals surface area (Å²) >= 11 is 3.84. The van der Waals surface area contributed by atoms with E-state index in [-0.39, 0.29) is 0 Å². The Balaban J connectivity index is 2.00. The van der Waals surface area contributed by atoms with Crippen LogP contribution in [0.25, 0.3) is 0 Å². The monoisotopic (exact) mass is 257 g/mol. The zero-order chi connectivity index (χ0) is 11.8. The van der Waals surface area contributed by atoms with Crippen molar-refractivity contribution in [2.24, 2.45) is 5.92 Å². The number of hydrogen-bond donors (Lipinski definition) is 1. The molecule has 1 aromatic rings. The fourth-order valence-corrected chi connectivity index (χ4v) is 3.11. The van der Waals surface area contributed by atoms with Crippen molar-refractivity contribution < 1.29 is 0 Å². The highest BCUT2D eigenvalue weighted by molar-refractivity contribution is 7.99. The summed E-state index contributed by atoms with van der Waals surface area (Å²) in [4.78, 5) is 0. The third-order valence-electron chi connectivity index (χ3n) is 2.31. The van der Waals surface area contributed by atoms with Gasteiger partial charge in [-0.1, -0.05) is 13.8 Å². The summed E-state index contributed by atoms with van der Waals surface area (Å²) in [6.07, 6.45) is 1.15. The molecule has 1 rings (SSSR count). The van der Waals surface area contributed by atoms with Crippen LogP contribution in [0, 0.1) is 5.92 Å². The lowest BCUT2D eigenvalue weighted by molar-refractivity contribution is 0.568. The molecule has 3 heteroatoms. The van der Waals surface area contributed by atoms with Gasteiger partial charge in [-0.3, -0.25) is 0 Å². The molecule has 1 nitrogen and oxygen atoms in total. The molecule has 0 aliphatic carbocycles. The van der Waals surface area contributed by atoms with Gasteiger partial charge >= 0.3 is 0 Å². The first-order valence-electron chi connectivity index (χ1n) is 6.00. The Morgan fingerprint density at radius 3 is 2.81 bits per heavy atom. The summed E-state index contributed by atoms with van der Waals surface area (Å²) < 4.78 is 0. The lowest BCUT2D eigenvalue weighted by Crippen LogP contribution is -2.30. The van der Waals surface area contributed by atoms with Crippen molar-refractivity contribution >= 4 is 23.1 Å². The molecule has 92 valence electrons. The molecule has 0 fully saturated rings. The number of nitrogens with one attached hydrogen (secondary N) is 1. The van der Waals surface area contributed by atoms with Crippen molar-refractivity contribution in [3.05, 3.63) is 22.4 Å². The zero-order valence-electron chi connectivity index (χ0n) is 10.5. The van der Waals surface area contributed by atoms with Gasteiger partial charge in [0.2, 0.25) is 0 Å². The van der Waals surface area contributed by atoms with Crippen molar-refractivity contribution in [1.29, 1.82) is 0 Å². The molecule has 0 spiro atoms. The van der Waals surface area contributed by atoms with E-state index in [1.54, 1.807) is 11.3 Å². The molecule has 1 aromatic heterocycles. The van der Waals surface area contributed by atoms with Crippen LogP contribution in [0.5, 0.6) is 0 Å². The molecule has 0 aliphatic rings. The second-order valence-electron chi connectivity index (χ2n) is 4.66. The standard InChI is InChI=1S/C13H23NS2/c1-11(2)9-16-7-5-14-12(3)8-13-4-6-15-10-13/h4,6,10-12,14H,5,7-9H2,1-3H3. The molecular formula is C13H23NS2. The first-order valence-corrected chi connectivity index (χ1v) is 8.10. The largest absolute Gasteiger partial charge is 0.313 e. The maximum atomic E-state index is 3.58. The second-order valence-corrected chi connectivity index (χ2v) is 6.59. The number of rotatable bonds is 8. The summed E-state index contributed by atoms with van der Waals surface area (Å²) in [5.41, 5.74) is 1.46. The summed E-state index contributed by atoms with van der Waals surface area (Å²) in [6.45, 7) is 7.95. The zero-order valence-corrected chi connectivity index (χ0v) is 12.2. The van der Waals surface area contributed by atoms with Crippen LogP contribution < -0.4 is 5.32 Å². The minimum absolute atomic E-state index is 0.592. The molecule has 0 aliphatic heterocycles. The van der Waals surface area contributed by atoms with Crippen LogP contribution in [0.4, 0.5) is 0 Å². The Morgan fingerprint density at radius 1 is 1.38 bits per heavy atom. The average Bonchev–Trinajstić information content (AvgIpc) is 2.69. The molecule has 0 saturated carbocycles. The smallest absolute Gasteiger partial charge is 0.00797 e. The lowest BCUT2D eigenvalue weighted by Gasteiger charge is -2.13. The van der Waals surface area contributed by atoms with Gasteiger partial charge in [0.25, 0.3) is 0 Å². The quantitative estimate of drug-likeness (QED) is 0.713. The minimum atomic E-state index is 0.592. The Morgan fingerprint density at radius 2 is 2.19 bits per heavy atom. The van der Waals surface area contributed by atoms with E-state index in [9.17, 15) is 0 Å². The van der Waals surface area contributed by atoms with Crippen molar-refractivity contribution in [2.45, 2.75) is 33.2 Å². The Labute approximate surface area is 108 Å². The van der Waals surface area contributed by atoms with Crippen LogP contribution in [0.15, 0.2) is 16.8 Å². The van der Waals surface area contributed by atoms with E-state index in [0.717, 1.165) is 18.9 Å². The van der Waals surface area contributed by atoms with Crippen LogP contribution in [0.2, 0.25) is 0 Å². The normalized spacial score (nSPS) is 13.2. The van der Waals surface area contributed by atoms with Gasteiger partial charge in [0, 0.05) is 18.3 Å². The summed E-state index contributed by atoms with van der Waals surface area (Å²) in [6, 6.07) is 2.81. The van der Waals surface area contributed by atoms with E-state index >= 15 is 0 Å². The molecule has 0 bridgehead atoms. The predicted molar refractivity (Wildman–Crippen MR) is 77.7 cm³/mol. The Bertz CT molecular complexity index is 257. The summed E-state index contributed by atoms with van der Waals surface area (Å²) in [5, 5.41) is 7.97. The highest BCUT2D eigenvalue weighted by Crippen LogP contribution is 2.09. The first-order chi connectivity index (χ1) is 7.68. The van der Waals surface area contributed by atoms with Crippen molar-refractivity contribution in [2.75, 3.05) is 18.1 Å². The molecular weight excluding hydrogens is 234 g/mol. The average molecular weight is 257 g/mol. The van der Waals surface area contributed by atoms with Gasteiger partial charge in [-0.05, 0) is 47.4 Å². The van der Waals surface area contributed by atoms with Crippen molar-refractivity contribution in [3.63, 3.8) is 0 Å². The third-order valence-corrected chi connectivity index (χ3v) is 4.44. The van der Waals surface area contributed by atoms with Crippen molar-refractivity contribution in [3.8, 4) is 0 Å². The molecule has 1 atom stereocenters. The summed E-state index contributed by atoms with van der Waals surface area (Å²) in [5.74, 6) is 3.32. The Kier molecular flexibility index (Phi) is 7.17. The van der Waals surface area contributed by atoms with Crippen LogP contribution in [-0.4, -0.2) is 24.1 Å². The molecule has 0 aromatic carbocycles. The van der Waals surface area contributed by atoms with Gasteiger partial charge in [0.05, 0.1) is 0 Å². The fourth-order valence-electron chi connectivity index (χ4n) is 1.53. The maximum absolute atomic E-state index is 3.58. The minimum Gasteiger partial charge on any atom is -0.313 e. The molecule has 0 amide bonds. The van der Waals surface area contributed by atoms with Gasteiger partial charge in [-0.25, -0.2) is 0 Å². The highest BCUT2D eigenvalue weighted by Gasteiger charge is 2.02. The maximum Gasteiger partial charge on any atom is 0.00797 e. The van der Waals surface area contributed by atoms with E-state index in [1.807, 2.05) is 0 Å². The van der Waals surface area contributed by atoms with Crippen LogP contribution in [0.1, 0.15) is 26.3 Å². The third kappa shape index (κ3) is 6.56. The van der Waals surface area contributed by atoms with Gasteiger partial charge in [0.1, 0.15) is 0 Å².